The monoisotopic (exact) mass is 412 g/mol. The predicted octanol–water partition coefficient (Wildman–Crippen LogP) is 5.71. The van der Waals surface area contributed by atoms with Crippen LogP contribution in [0.5, 0.6) is 11.5 Å². The fourth-order valence-corrected chi connectivity index (χ4v) is 3.75. The van der Waals surface area contributed by atoms with Crippen LogP contribution < -0.4 is 20.1 Å². The third kappa shape index (κ3) is 7.58. The molecule has 1 fully saturated rings. The normalized spacial score (nSPS) is 14.0. The van der Waals surface area contributed by atoms with Gasteiger partial charge in [-0.1, -0.05) is 12.1 Å². The van der Waals surface area contributed by atoms with Crippen LogP contribution in [0, 0.1) is 0 Å². The van der Waals surface area contributed by atoms with E-state index in [4.69, 9.17) is 21.7 Å². The van der Waals surface area contributed by atoms with Crippen molar-refractivity contribution in [3.63, 3.8) is 0 Å². The van der Waals surface area contributed by atoms with E-state index >= 15 is 0 Å². The first-order chi connectivity index (χ1) is 14.1. The molecule has 0 atom stereocenters. The standard InChI is InChI=1S/C24H32N2O2S/c1-18(2)27-23-11-5-7-19(17-23)8-6-16-25-24(29)26-20-12-14-22(15-13-20)28-21-9-3-4-10-21/h5,7,11-15,17-18,21H,3-4,6,8-10,16H2,1-2H3,(H2,25,26,29). The van der Waals surface area contributed by atoms with E-state index in [1.54, 1.807) is 0 Å². The largest absolute Gasteiger partial charge is 0.491 e. The quantitative estimate of drug-likeness (QED) is 0.408. The van der Waals surface area contributed by atoms with Crippen LogP contribution in [0.2, 0.25) is 0 Å². The van der Waals surface area contributed by atoms with E-state index in [1.165, 1.54) is 31.2 Å². The maximum absolute atomic E-state index is 6.00. The van der Waals surface area contributed by atoms with Gasteiger partial charge in [0.15, 0.2) is 5.11 Å². The molecule has 29 heavy (non-hydrogen) atoms. The molecule has 1 aliphatic carbocycles. The molecule has 0 amide bonds. The molecule has 2 N–H and O–H groups in total. The molecule has 0 radical (unpaired) electrons. The summed E-state index contributed by atoms with van der Waals surface area (Å²) in [4.78, 5) is 0. The number of anilines is 1. The molecule has 2 aromatic carbocycles. The molecular formula is C24H32N2O2S. The number of rotatable bonds is 9. The number of aryl methyl sites for hydroxylation is 1. The van der Waals surface area contributed by atoms with Gasteiger partial charge in [-0.3, -0.25) is 0 Å². The zero-order chi connectivity index (χ0) is 20.5. The SMILES string of the molecule is CC(C)Oc1cccc(CCCNC(=S)Nc2ccc(OC3CCCC3)cc2)c1. The summed E-state index contributed by atoms with van der Waals surface area (Å²) in [5.41, 5.74) is 2.25. The molecule has 1 aliphatic rings. The lowest BCUT2D eigenvalue weighted by Crippen LogP contribution is -2.29. The Labute approximate surface area is 180 Å². The Morgan fingerprint density at radius 2 is 1.83 bits per heavy atom. The highest BCUT2D eigenvalue weighted by Crippen LogP contribution is 2.25. The van der Waals surface area contributed by atoms with Crippen molar-refractivity contribution in [3.05, 3.63) is 54.1 Å². The topological polar surface area (TPSA) is 42.5 Å². The Morgan fingerprint density at radius 1 is 1.07 bits per heavy atom. The Kier molecular flexibility index (Phi) is 8.17. The lowest BCUT2D eigenvalue weighted by Gasteiger charge is -2.14. The summed E-state index contributed by atoms with van der Waals surface area (Å²) in [6, 6.07) is 16.4. The maximum Gasteiger partial charge on any atom is 0.170 e. The summed E-state index contributed by atoms with van der Waals surface area (Å²) in [6.45, 7) is 4.91. The summed E-state index contributed by atoms with van der Waals surface area (Å²) in [6.07, 6.45) is 7.46. The maximum atomic E-state index is 6.00. The van der Waals surface area contributed by atoms with Crippen molar-refractivity contribution in [2.24, 2.45) is 0 Å². The summed E-state index contributed by atoms with van der Waals surface area (Å²) >= 11 is 5.41. The van der Waals surface area contributed by atoms with Crippen molar-refractivity contribution in [1.29, 1.82) is 0 Å². The minimum absolute atomic E-state index is 0.193. The molecule has 0 saturated heterocycles. The molecule has 0 aromatic heterocycles. The van der Waals surface area contributed by atoms with Crippen LogP contribution in [0.3, 0.4) is 0 Å². The van der Waals surface area contributed by atoms with Crippen LogP contribution >= 0.6 is 12.2 Å². The molecule has 0 heterocycles. The first-order valence-corrected chi connectivity index (χ1v) is 11.1. The van der Waals surface area contributed by atoms with Gasteiger partial charge in [-0.15, -0.1) is 0 Å². The number of hydrogen-bond acceptors (Lipinski definition) is 3. The van der Waals surface area contributed by atoms with E-state index in [0.717, 1.165) is 36.6 Å². The zero-order valence-corrected chi connectivity index (χ0v) is 18.3. The van der Waals surface area contributed by atoms with Crippen LogP contribution in [0.15, 0.2) is 48.5 Å². The first-order valence-electron chi connectivity index (χ1n) is 10.7. The highest BCUT2D eigenvalue weighted by Gasteiger charge is 2.16. The van der Waals surface area contributed by atoms with Gasteiger partial charge in [0.2, 0.25) is 0 Å². The molecule has 0 bridgehead atoms. The summed E-state index contributed by atoms with van der Waals surface area (Å²) in [5, 5.41) is 7.16. The fourth-order valence-electron chi connectivity index (χ4n) is 3.53. The van der Waals surface area contributed by atoms with Crippen molar-refractivity contribution in [2.45, 2.75) is 64.6 Å². The minimum atomic E-state index is 0.193. The second-order valence-corrected chi connectivity index (χ2v) is 8.26. The van der Waals surface area contributed by atoms with E-state index in [1.807, 2.05) is 50.2 Å². The molecule has 5 heteroatoms. The number of hydrogen-bond donors (Lipinski definition) is 2. The highest BCUT2D eigenvalue weighted by molar-refractivity contribution is 7.80. The predicted molar refractivity (Wildman–Crippen MR) is 124 cm³/mol. The minimum Gasteiger partial charge on any atom is -0.491 e. The lowest BCUT2D eigenvalue weighted by atomic mass is 10.1. The Bertz CT molecular complexity index is 771. The van der Waals surface area contributed by atoms with E-state index in [9.17, 15) is 0 Å². The first kappa shape index (κ1) is 21.4. The number of ether oxygens (including phenoxy) is 2. The fraction of sp³-hybridized carbons (Fsp3) is 0.458. The highest BCUT2D eigenvalue weighted by atomic mass is 32.1. The Balaban J connectivity index is 1.35. The van der Waals surface area contributed by atoms with Crippen LogP contribution in [0.25, 0.3) is 0 Å². The number of thiocarbonyl (C=S) groups is 1. The van der Waals surface area contributed by atoms with Crippen molar-refractivity contribution in [3.8, 4) is 11.5 Å². The van der Waals surface area contributed by atoms with E-state index < -0.39 is 0 Å². The zero-order valence-electron chi connectivity index (χ0n) is 17.4. The summed E-state index contributed by atoms with van der Waals surface area (Å²) < 4.78 is 11.8. The smallest absolute Gasteiger partial charge is 0.170 e. The van der Waals surface area contributed by atoms with Gasteiger partial charge in [0.05, 0.1) is 12.2 Å². The Hall–Kier alpha value is -2.27. The van der Waals surface area contributed by atoms with Crippen LogP contribution in [0.1, 0.15) is 51.5 Å². The van der Waals surface area contributed by atoms with Gasteiger partial charge >= 0.3 is 0 Å². The molecular weight excluding hydrogens is 380 g/mol. The van der Waals surface area contributed by atoms with Crippen molar-refractivity contribution < 1.29 is 9.47 Å². The van der Waals surface area contributed by atoms with E-state index in [2.05, 4.69) is 22.8 Å². The Morgan fingerprint density at radius 3 is 2.55 bits per heavy atom. The molecule has 156 valence electrons. The number of benzene rings is 2. The van der Waals surface area contributed by atoms with Gasteiger partial charge < -0.3 is 20.1 Å². The van der Waals surface area contributed by atoms with Crippen LogP contribution in [-0.4, -0.2) is 23.9 Å². The van der Waals surface area contributed by atoms with Crippen molar-refractivity contribution >= 4 is 23.0 Å². The van der Waals surface area contributed by atoms with Gasteiger partial charge in [-0.05, 0) is 107 Å². The second kappa shape index (κ2) is 11.1. The van der Waals surface area contributed by atoms with Gasteiger partial charge in [-0.25, -0.2) is 0 Å². The number of nitrogens with one attached hydrogen (secondary N) is 2. The third-order valence-electron chi connectivity index (χ3n) is 4.92. The summed E-state index contributed by atoms with van der Waals surface area (Å²) in [7, 11) is 0. The average Bonchev–Trinajstić information content (AvgIpc) is 3.20. The van der Waals surface area contributed by atoms with Gasteiger partial charge in [0.25, 0.3) is 0 Å². The average molecular weight is 413 g/mol. The molecule has 1 saturated carbocycles. The molecule has 0 unspecified atom stereocenters. The van der Waals surface area contributed by atoms with Gasteiger partial charge in [0.1, 0.15) is 11.5 Å². The summed E-state index contributed by atoms with van der Waals surface area (Å²) in [5.74, 6) is 1.87. The second-order valence-electron chi connectivity index (χ2n) is 7.85. The molecule has 0 spiro atoms. The van der Waals surface area contributed by atoms with E-state index in [0.29, 0.717) is 11.2 Å². The molecule has 4 nitrogen and oxygen atoms in total. The van der Waals surface area contributed by atoms with Gasteiger partial charge in [0, 0.05) is 12.2 Å². The van der Waals surface area contributed by atoms with Gasteiger partial charge in [-0.2, -0.15) is 0 Å². The van der Waals surface area contributed by atoms with Crippen LogP contribution in [-0.2, 0) is 6.42 Å². The lowest BCUT2D eigenvalue weighted by molar-refractivity contribution is 0.210. The third-order valence-corrected chi connectivity index (χ3v) is 5.16. The molecule has 3 rings (SSSR count). The van der Waals surface area contributed by atoms with Crippen molar-refractivity contribution in [1.82, 2.24) is 5.32 Å². The van der Waals surface area contributed by atoms with E-state index in [-0.39, 0.29) is 6.10 Å². The molecule has 0 aliphatic heterocycles. The van der Waals surface area contributed by atoms with Crippen molar-refractivity contribution in [2.75, 3.05) is 11.9 Å². The van der Waals surface area contributed by atoms with Crippen LogP contribution in [0.4, 0.5) is 5.69 Å². The molecule has 2 aromatic rings.